The summed E-state index contributed by atoms with van der Waals surface area (Å²) in [5.41, 5.74) is 4.70. The third kappa shape index (κ3) is 2.21. The van der Waals surface area contributed by atoms with E-state index in [9.17, 15) is 4.79 Å². The number of aryl methyl sites for hydroxylation is 1. The fourth-order valence-electron chi connectivity index (χ4n) is 2.68. The molecular formula is C18H18N2O. The Hall–Kier alpha value is -2.55. The second kappa shape index (κ2) is 5.09. The Morgan fingerprint density at radius 1 is 0.952 bits per heavy atom. The van der Waals surface area contributed by atoms with Crippen LogP contribution in [0.3, 0.4) is 0 Å². The lowest BCUT2D eigenvalue weighted by Crippen LogP contribution is -2.22. The van der Waals surface area contributed by atoms with Gasteiger partial charge in [-0.05, 0) is 24.6 Å². The van der Waals surface area contributed by atoms with Crippen LogP contribution in [0.15, 0.2) is 54.7 Å². The van der Waals surface area contributed by atoms with Crippen LogP contribution in [-0.4, -0.2) is 24.9 Å². The Balaban J connectivity index is 2.20. The number of hydrogen-bond donors (Lipinski definition) is 0. The maximum absolute atomic E-state index is 12.9. The molecular weight excluding hydrogens is 260 g/mol. The predicted octanol–water partition coefficient (Wildman–Crippen LogP) is 3.58. The number of para-hydroxylation sites is 2. The van der Waals surface area contributed by atoms with Gasteiger partial charge in [0.2, 0.25) is 0 Å². The highest BCUT2D eigenvalue weighted by molar-refractivity contribution is 6.35. The molecule has 0 aromatic heterocycles. The van der Waals surface area contributed by atoms with Gasteiger partial charge in [-0.1, -0.05) is 36.4 Å². The summed E-state index contributed by atoms with van der Waals surface area (Å²) < 4.78 is 0. The standard InChI is InChI=1S/C18H18N2O/c1-13-8-4-6-10-16(13)20-17-11-7-5-9-14(17)15(18(20)21)12-19(2)3/h4-12H,1-3H3/b15-12-. The van der Waals surface area contributed by atoms with Crippen LogP contribution in [-0.2, 0) is 4.79 Å². The van der Waals surface area contributed by atoms with E-state index in [1.807, 2.05) is 80.6 Å². The van der Waals surface area contributed by atoms with E-state index in [2.05, 4.69) is 0 Å². The number of carbonyl (C=O) groups is 1. The molecule has 1 aliphatic heterocycles. The lowest BCUT2D eigenvalue weighted by molar-refractivity contribution is -0.112. The fraction of sp³-hybridized carbons (Fsp3) is 0.167. The number of anilines is 2. The monoisotopic (exact) mass is 278 g/mol. The van der Waals surface area contributed by atoms with Crippen molar-refractivity contribution < 1.29 is 4.79 Å². The van der Waals surface area contributed by atoms with E-state index in [1.165, 1.54) is 0 Å². The summed E-state index contributed by atoms with van der Waals surface area (Å²) in [4.78, 5) is 16.6. The molecule has 1 amide bonds. The topological polar surface area (TPSA) is 23.6 Å². The first-order chi connectivity index (χ1) is 10.1. The summed E-state index contributed by atoms with van der Waals surface area (Å²) in [7, 11) is 3.86. The molecule has 0 bridgehead atoms. The molecule has 0 aliphatic carbocycles. The molecule has 1 heterocycles. The van der Waals surface area contributed by atoms with Crippen LogP contribution >= 0.6 is 0 Å². The van der Waals surface area contributed by atoms with E-state index in [1.54, 1.807) is 4.90 Å². The van der Waals surface area contributed by atoms with Crippen molar-refractivity contribution in [2.24, 2.45) is 0 Å². The van der Waals surface area contributed by atoms with E-state index in [0.29, 0.717) is 0 Å². The van der Waals surface area contributed by atoms with Gasteiger partial charge in [0.1, 0.15) is 0 Å². The number of hydrogen-bond acceptors (Lipinski definition) is 2. The number of fused-ring (bicyclic) bond motifs is 1. The Bertz CT molecular complexity index is 732. The van der Waals surface area contributed by atoms with Gasteiger partial charge in [0.15, 0.2) is 0 Å². The van der Waals surface area contributed by atoms with Crippen molar-refractivity contribution in [3.63, 3.8) is 0 Å². The normalized spacial score (nSPS) is 15.5. The molecule has 0 unspecified atom stereocenters. The summed E-state index contributed by atoms with van der Waals surface area (Å²) in [5.74, 6) is 0.0270. The quantitative estimate of drug-likeness (QED) is 0.784. The van der Waals surface area contributed by atoms with Crippen molar-refractivity contribution in [1.29, 1.82) is 0 Å². The molecule has 0 radical (unpaired) electrons. The van der Waals surface area contributed by atoms with Gasteiger partial charge in [-0.25, -0.2) is 0 Å². The third-order valence-corrected chi connectivity index (χ3v) is 3.61. The predicted molar refractivity (Wildman–Crippen MR) is 86.4 cm³/mol. The molecule has 3 heteroatoms. The summed E-state index contributed by atoms with van der Waals surface area (Å²) in [6, 6.07) is 15.9. The van der Waals surface area contributed by atoms with E-state index in [4.69, 9.17) is 0 Å². The first kappa shape index (κ1) is 13.4. The van der Waals surface area contributed by atoms with Crippen molar-refractivity contribution in [1.82, 2.24) is 4.90 Å². The van der Waals surface area contributed by atoms with E-state index < -0.39 is 0 Å². The molecule has 106 valence electrons. The van der Waals surface area contributed by atoms with Crippen LogP contribution in [0.4, 0.5) is 11.4 Å². The van der Waals surface area contributed by atoms with Gasteiger partial charge in [0, 0.05) is 25.9 Å². The van der Waals surface area contributed by atoms with E-state index >= 15 is 0 Å². The van der Waals surface area contributed by atoms with Crippen LogP contribution in [0.2, 0.25) is 0 Å². The van der Waals surface area contributed by atoms with Crippen molar-refractivity contribution in [2.45, 2.75) is 6.92 Å². The van der Waals surface area contributed by atoms with Crippen molar-refractivity contribution in [3.05, 3.63) is 65.9 Å². The molecule has 0 fully saturated rings. The van der Waals surface area contributed by atoms with Gasteiger partial charge in [-0.2, -0.15) is 0 Å². The number of amides is 1. The molecule has 0 atom stereocenters. The highest BCUT2D eigenvalue weighted by Gasteiger charge is 2.33. The highest BCUT2D eigenvalue weighted by Crippen LogP contribution is 2.42. The molecule has 3 rings (SSSR count). The first-order valence-corrected chi connectivity index (χ1v) is 6.97. The minimum Gasteiger partial charge on any atom is -0.383 e. The van der Waals surface area contributed by atoms with Crippen LogP contribution in [0.1, 0.15) is 11.1 Å². The minimum absolute atomic E-state index is 0.0270. The van der Waals surface area contributed by atoms with Gasteiger partial charge >= 0.3 is 0 Å². The molecule has 1 aliphatic rings. The summed E-state index contributed by atoms with van der Waals surface area (Å²) in [5, 5.41) is 0. The molecule has 0 spiro atoms. The first-order valence-electron chi connectivity index (χ1n) is 6.97. The van der Waals surface area contributed by atoms with Crippen LogP contribution in [0, 0.1) is 6.92 Å². The van der Waals surface area contributed by atoms with Crippen LogP contribution in [0.25, 0.3) is 5.57 Å². The number of benzene rings is 2. The molecule has 0 saturated carbocycles. The molecule has 21 heavy (non-hydrogen) atoms. The summed E-state index contributed by atoms with van der Waals surface area (Å²) in [6.07, 6.45) is 1.89. The van der Waals surface area contributed by atoms with E-state index in [-0.39, 0.29) is 5.91 Å². The van der Waals surface area contributed by atoms with Gasteiger partial charge in [0.25, 0.3) is 5.91 Å². The van der Waals surface area contributed by atoms with Gasteiger partial charge < -0.3 is 4.90 Å². The number of rotatable bonds is 2. The van der Waals surface area contributed by atoms with Gasteiger partial charge in [-0.3, -0.25) is 9.69 Å². The smallest absolute Gasteiger partial charge is 0.265 e. The zero-order chi connectivity index (χ0) is 15.0. The third-order valence-electron chi connectivity index (χ3n) is 3.61. The second-order valence-corrected chi connectivity index (χ2v) is 5.45. The molecule has 2 aromatic rings. The van der Waals surface area contributed by atoms with E-state index in [0.717, 1.165) is 28.1 Å². The Morgan fingerprint density at radius 2 is 1.57 bits per heavy atom. The Morgan fingerprint density at radius 3 is 2.24 bits per heavy atom. The Labute approximate surface area is 125 Å². The molecule has 2 aromatic carbocycles. The van der Waals surface area contributed by atoms with Gasteiger partial charge in [-0.15, -0.1) is 0 Å². The van der Waals surface area contributed by atoms with Crippen LogP contribution in [0.5, 0.6) is 0 Å². The summed E-state index contributed by atoms with van der Waals surface area (Å²) in [6.45, 7) is 2.03. The maximum Gasteiger partial charge on any atom is 0.265 e. The average Bonchev–Trinajstić information content (AvgIpc) is 2.73. The zero-order valence-corrected chi connectivity index (χ0v) is 12.5. The zero-order valence-electron chi connectivity index (χ0n) is 12.5. The summed E-state index contributed by atoms with van der Waals surface area (Å²) >= 11 is 0. The SMILES string of the molecule is Cc1ccccc1N1C(=O)/C(=C\N(C)C)c2ccccc21. The number of carbonyl (C=O) groups excluding carboxylic acids is 1. The van der Waals surface area contributed by atoms with Crippen molar-refractivity contribution in [2.75, 3.05) is 19.0 Å². The largest absolute Gasteiger partial charge is 0.383 e. The maximum atomic E-state index is 12.9. The minimum atomic E-state index is 0.0270. The average molecular weight is 278 g/mol. The fourth-order valence-corrected chi connectivity index (χ4v) is 2.68. The molecule has 3 nitrogen and oxygen atoms in total. The van der Waals surface area contributed by atoms with Crippen LogP contribution < -0.4 is 4.90 Å². The molecule has 0 saturated heterocycles. The number of nitrogens with zero attached hydrogens (tertiary/aromatic N) is 2. The van der Waals surface area contributed by atoms with Gasteiger partial charge in [0.05, 0.1) is 16.9 Å². The lowest BCUT2D eigenvalue weighted by Gasteiger charge is -2.19. The van der Waals surface area contributed by atoms with Crippen molar-refractivity contribution in [3.8, 4) is 0 Å². The Kier molecular flexibility index (Phi) is 3.26. The highest BCUT2D eigenvalue weighted by atomic mass is 16.2. The lowest BCUT2D eigenvalue weighted by atomic mass is 10.1. The van der Waals surface area contributed by atoms with Crippen molar-refractivity contribution >= 4 is 22.9 Å². The molecule has 0 N–H and O–H groups in total. The second-order valence-electron chi connectivity index (χ2n) is 5.45.